The van der Waals surface area contributed by atoms with Crippen molar-refractivity contribution >= 4 is 41.0 Å². The molecule has 5 nitrogen and oxygen atoms in total. The zero-order chi connectivity index (χ0) is 17.4. The first-order valence-corrected chi connectivity index (χ1v) is 7.15. The lowest BCUT2D eigenvalue weighted by atomic mass is 9.94. The normalized spacial score (nSPS) is 15.2. The molecule has 0 saturated carbocycles. The first kappa shape index (κ1) is 15.9. The SMILES string of the molecule is O=C1Nc2ccc(C(=O)O)cc2C(=O)C1=Cc1ccc(F)c(Cl)c1. The molecule has 24 heavy (non-hydrogen) atoms. The molecule has 0 spiro atoms. The maximum atomic E-state index is 13.2. The lowest BCUT2D eigenvalue weighted by Gasteiger charge is -2.18. The van der Waals surface area contributed by atoms with Gasteiger partial charge in [-0.1, -0.05) is 17.7 Å². The second-order valence-corrected chi connectivity index (χ2v) is 5.49. The number of benzene rings is 2. The Bertz CT molecular complexity index is 936. The number of carbonyl (C=O) groups is 3. The molecule has 1 heterocycles. The Morgan fingerprint density at radius 2 is 1.92 bits per heavy atom. The second-order valence-electron chi connectivity index (χ2n) is 5.08. The Hall–Kier alpha value is -2.99. The van der Waals surface area contributed by atoms with Gasteiger partial charge < -0.3 is 10.4 Å². The molecule has 0 saturated heterocycles. The number of fused-ring (bicyclic) bond motifs is 1. The molecule has 0 aliphatic carbocycles. The van der Waals surface area contributed by atoms with Crippen molar-refractivity contribution in [1.82, 2.24) is 0 Å². The van der Waals surface area contributed by atoms with Crippen molar-refractivity contribution in [2.24, 2.45) is 0 Å². The summed E-state index contributed by atoms with van der Waals surface area (Å²) >= 11 is 5.69. The van der Waals surface area contributed by atoms with E-state index in [9.17, 15) is 18.8 Å². The van der Waals surface area contributed by atoms with E-state index in [4.69, 9.17) is 16.7 Å². The van der Waals surface area contributed by atoms with E-state index in [1.165, 1.54) is 36.4 Å². The van der Waals surface area contributed by atoms with Crippen molar-refractivity contribution < 1.29 is 23.9 Å². The average Bonchev–Trinajstić information content (AvgIpc) is 2.54. The predicted octanol–water partition coefficient (Wildman–Crippen LogP) is 3.40. The highest BCUT2D eigenvalue weighted by molar-refractivity contribution is 6.36. The van der Waals surface area contributed by atoms with E-state index in [0.717, 1.165) is 6.07 Å². The monoisotopic (exact) mass is 345 g/mol. The number of nitrogens with one attached hydrogen (secondary N) is 1. The molecule has 0 fully saturated rings. The standard InChI is InChI=1S/C17H9ClFNO4/c18-12-6-8(1-3-13(12)19)5-11-15(21)10-7-9(17(23)24)2-4-14(10)20-16(11)22/h1-7H,(H,20,22)(H,23,24). The molecular weight excluding hydrogens is 337 g/mol. The summed E-state index contributed by atoms with van der Waals surface area (Å²) in [5.74, 6) is -3.04. The average molecular weight is 346 g/mol. The number of anilines is 1. The van der Waals surface area contributed by atoms with E-state index in [1.54, 1.807) is 0 Å². The zero-order valence-electron chi connectivity index (χ0n) is 12.0. The molecule has 1 aliphatic rings. The first-order chi connectivity index (χ1) is 11.4. The van der Waals surface area contributed by atoms with Crippen molar-refractivity contribution in [2.45, 2.75) is 0 Å². The summed E-state index contributed by atoms with van der Waals surface area (Å²) in [6.45, 7) is 0. The van der Waals surface area contributed by atoms with E-state index in [1.807, 2.05) is 0 Å². The Morgan fingerprint density at radius 3 is 2.58 bits per heavy atom. The number of hydrogen-bond donors (Lipinski definition) is 2. The van der Waals surface area contributed by atoms with Gasteiger partial charge in [0.2, 0.25) is 5.78 Å². The largest absolute Gasteiger partial charge is 0.478 e. The molecule has 0 unspecified atom stereocenters. The van der Waals surface area contributed by atoms with Crippen LogP contribution in [0.25, 0.3) is 6.08 Å². The predicted molar refractivity (Wildman–Crippen MR) is 85.7 cm³/mol. The molecule has 0 radical (unpaired) electrons. The molecular formula is C17H9ClFNO4. The van der Waals surface area contributed by atoms with E-state index < -0.39 is 23.5 Å². The molecule has 7 heteroatoms. The number of aromatic carboxylic acids is 1. The van der Waals surface area contributed by atoms with E-state index in [2.05, 4.69) is 5.32 Å². The molecule has 1 aliphatic heterocycles. The van der Waals surface area contributed by atoms with Crippen LogP contribution in [0.2, 0.25) is 5.02 Å². The number of ketones is 1. The minimum atomic E-state index is -1.18. The van der Waals surface area contributed by atoms with Gasteiger partial charge in [-0.25, -0.2) is 9.18 Å². The van der Waals surface area contributed by atoms with Crippen LogP contribution in [0.4, 0.5) is 10.1 Å². The van der Waals surface area contributed by atoms with Crippen molar-refractivity contribution in [1.29, 1.82) is 0 Å². The van der Waals surface area contributed by atoms with E-state index >= 15 is 0 Å². The van der Waals surface area contributed by atoms with Gasteiger partial charge in [-0.3, -0.25) is 9.59 Å². The van der Waals surface area contributed by atoms with Crippen molar-refractivity contribution in [3.05, 3.63) is 69.5 Å². The highest BCUT2D eigenvalue weighted by Gasteiger charge is 2.29. The van der Waals surface area contributed by atoms with Crippen LogP contribution in [-0.2, 0) is 4.79 Å². The van der Waals surface area contributed by atoms with Gasteiger partial charge in [0, 0.05) is 5.56 Å². The zero-order valence-corrected chi connectivity index (χ0v) is 12.7. The summed E-state index contributed by atoms with van der Waals surface area (Å²) < 4.78 is 13.2. The number of carboxylic acids is 1. The fraction of sp³-hybridized carbons (Fsp3) is 0. The van der Waals surface area contributed by atoms with Gasteiger partial charge in [0.05, 0.1) is 21.8 Å². The van der Waals surface area contributed by atoms with Crippen LogP contribution in [-0.4, -0.2) is 22.8 Å². The first-order valence-electron chi connectivity index (χ1n) is 6.77. The number of Topliss-reactive ketones (excluding diaryl/α,β-unsaturated/α-hetero) is 1. The summed E-state index contributed by atoms with van der Waals surface area (Å²) in [5.41, 5.74) is 0.436. The van der Waals surface area contributed by atoms with Crippen LogP contribution < -0.4 is 5.32 Å². The van der Waals surface area contributed by atoms with Crippen LogP contribution in [0, 0.1) is 5.82 Å². The van der Waals surface area contributed by atoms with Crippen molar-refractivity contribution in [3.8, 4) is 0 Å². The topological polar surface area (TPSA) is 83.5 Å². The lowest BCUT2D eigenvalue weighted by Crippen LogP contribution is -2.27. The maximum absolute atomic E-state index is 13.2. The minimum absolute atomic E-state index is 0.0672. The van der Waals surface area contributed by atoms with Gasteiger partial charge >= 0.3 is 5.97 Å². The molecule has 120 valence electrons. The highest BCUT2D eigenvalue weighted by Crippen LogP contribution is 2.28. The lowest BCUT2D eigenvalue weighted by molar-refractivity contribution is -0.112. The van der Waals surface area contributed by atoms with Gasteiger partial charge in [-0.15, -0.1) is 0 Å². The van der Waals surface area contributed by atoms with Crippen LogP contribution in [0.1, 0.15) is 26.3 Å². The van der Waals surface area contributed by atoms with Crippen LogP contribution >= 0.6 is 11.6 Å². The van der Waals surface area contributed by atoms with E-state index in [-0.39, 0.29) is 27.4 Å². The Morgan fingerprint density at radius 1 is 1.17 bits per heavy atom. The van der Waals surface area contributed by atoms with Gasteiger partial charge in [-0.2, -0.15) is 0 Å². The minimum Gasteiger partial charge on any atom is -0.478 e. The molecule has 0 atom stereocenters. The Labute approximate surface area is 140 Å². The third-order valence-electron chi connectivity index (χ3n) is 3.50. The van der Waals surface area contributed by atoms with Crippen LogP contribution in [0.15, 0.2) is 42.0 Å². The van der Waals surface area contributed by atoms with E-state index in [0.29, 0.717) is 5.56 Å². The number of halogens is 2. The quantitative estimate of drug-likeness (QED) is 0.645. The molecule has 0 aromatic heterocycles. The second kappa shape index (κ2) is 5.90. The molecule has 3 rings (SSSR count). The van der Waals surface area contributed by atoms with Crippen molar-refractivity contribution in [2.75, 3.05) is 5.32 Å². The molecule has 1 amide bonds. The fourth-order valence-electron chi connectivity index (χ4n) is 2.31. The van der Waals surface area contributed by atoms with Gasteiger partial charge in [0.25, 0.3) is 5.91 Å². The summed E-state index contributed by atoms with van der Waals surface area (Å²) in [5, 5.41) is 11.4. The number of carbonyl (C=O) groups excluding carboxylic acids is 2. The molecule has 2 N–H and O–H groups in total. The molecule has 2 aromatic rings. The van der Waals surface area contributed by atoms with Crippen LogP contribution in [0.3, 0.4) is 0 Å². The van der Waals surface area contributed by atoms with Crippen LogP contribution in [0.5, 0.6) is 0 Å². The molecule has 2 aromatic carbocycles. The molecule has 0 bridgehead atoms. The smallest absolute Gasteiger partial charge is 0.335 e. The third kappa shape index (κ3) is 2.79. The summed E-state index contributed by atoms with van der Waals surface area (Å²) in [4.78, 5) is 35.7. The van der Waals surface area contributed by atoms with Gasteiger partial charge in [0.1, 0.15) is 5.82 Å². The third-order valence-corrected chi connectivity index (χ3v) is 3.79. The number of rotatable bonds is 2. The van der Waals surface area contributed by atoms with Gasteiger partial charge in [-0.05, 0) is 42.0 Å². The Balaban J connectivity index is 2.07. The Kier molecular flexibility index (Phi) is 3.91. The summed E-state index contributed by atoms with van der Waals surface area (Å²) in [6, 6.07) is 7.64. The summed E-state index contributed by atoms with van der Waals surface area (Å²) in [7, 11) is 0. The number of carboxylic acid groups (broad SMARTS) is 1. The summed E-state index contributed by atoms with van der Waals surface area (Å²) in [6.07, 6.45) is 1.28. The fourth-order valence-corrected chi connectivity index (χ4v) is 2.50. The number of hydrogen-bond acceptors (Lipinski definition) is 3. The van der Waals surface area contributed by atoms with Crippen molar-refractivity contribution in [3.63, 3.8) is 0 Å². The highest BCUT2D eigenvalue weighted by atomic mass is 35.5. The van der Waals surface area contributed by atoms with Gasteiger partial charge in [0.15, 0.2) is 0 Å². The maximum Gasteiger partial charge on any atom is 0.335 e. The number of amides is 1.